The highest BCUT2D eigenvalue weighted by Gasteiger charge is 2.25. The van der Waals surface area contributed by atoms with Crippen molar-refractivity contribution < 1.29 is 13.9 Å². The van der Waals surface area contributed by atoms with Gasteiger partial charge in [0.25, 0.3) is 5.95 Å². The molecule has 2 amide bonds. The maximum Gasteiger partial charge on any atom is 0.327 e. The number of carbonyl (C=O) groups is 1. The molecule has 0 spiro atoms. The number of rotatable bonds is 5. The van der Waals surface area contributed by atoms with Crippen LogP contribution in [0.15, 0.2) is 36.9 Å². The van der Waals surface area contributed by atoms with E-state index in [4.69, 9.17) is 23.2 Å². The van der Waals surface area contributed by atoms with Gasteiger partial charge in [-0.2, -0.15) is 20.1 Å². The average molecular weight is 502 g/mol. The Bertz CT molecular complexity index is 1410. The number of aromatic amines is 1. The molecule has 3 N–H and O–H groups in total. The minimum absolute atomic E-state index is 0.0239. The van der Waals surface area contributed by atoms with Crippen LogP contribution in [0.2, 0.25) is 10.0 Å². The van der Waals surface area contributed by atoms with Crippen LogP contribution in [-0.4, -0.2) is 35.9 Å². The summed E-state index contributed by atoms with van der Waals surface area (Å²) in [6.07, 6.45) is 4.44. The lowest BCUT2D eigenvalue weighted by atomic mass is 10.1. The number of nitrogens with zero attached hydrogens (tertiary/aromatic N) is 7. The predicted octanol–water partition coefficient (Wildman–Crippen LogP) is 3.08. The third-order valence-corrected chi connectivity index (χ3v) is 5.45. The van der Waals surface area contributed by atoms with Crippen molar-refractivity contribution in [1.29, 1.82) is 5.26 Å². The van der Waals surface area contributed by atoms with Gasteiger partial charge in [0.1, 0.15) is 17.8 Å². The molecule has 1 atom stereocenters. The van der Waals surface area contributed by atoms with Crippen LogP contribution in [0.5, 0.6) is 0 Å². The van der Waals surface area contributed by atoms with Crippen molar-refractivity contribution in [3.63, 3.8) is 0 Å². The molecule has 4 aromatic rings. The number of halogens is 3. The second-order valence-electron chi connectivity index (χ2n) is 7.03. The fourth-order valence-electron chi connectivity index (χ4n) is 3.20. The summed E-state index contributed by atoms with van der Waals surface area (Å²) in [5.41, 5.74) is 0.444. The first-order valence-corrected chi connectivity index (χ1v) is 10.5. The Balaban J connectivity index is 1.56. The highest BCUT2D eigenvalue weighted by atomic mass is 35.5. The summed E-state index contributed by atoms with van der Waals surface area (Å²) in [6.45, 7) is 1.70. The Morgan fingerprint density at radius 3 is 2.71 bits per heavy atom. The zero-order valence-electron chi connectivity index (χ0n) is 17.7. The molecule has 14 heteroatoms. The van der Waals surface area contributed by atoms with Gasteiger partial charge in [-0.05, 0) is 25.1 Å². The maximum absolute atomic E-state index is 14.7. The van der Waals surface area contributed by atoms with Crippen molar-refractivity contribution in [2.75, 3.05) is 5.32 Å². The number of H-pyrrole nitrogens is 1. The van der Waals surface area contributed by atoms with Gasteiger partial charge >= 0.3 is 11.7 Å². The van der Waals surface area contributed by atoms with Crippen molar-refractivity contribution >= 4 is 34.9 Å². The van der Waals surface area contributed by atoms with Crippen molar-refractivity contribution in [3.05, 3.63) is 64.3 Å². The third-order valence-electron chi connectivity index (χ3n) is 4.77. The number of nitrogens with one attached hydrogen (secondary N) is 3. The van der Waals surface area contributed by atoms with Gasteiger partial charge < -0.3 is 10.6 Å². The van der Waals surface area contributed by atoms with Gasteiger partial charge in [-0.3, -0.25) is 0 Å². The number of aryl methyl sites for hydroxylation is 1. The first-order chi connectivity index (χ1) is 16.3. The third kappa shape index (κ3) is 4.39. The molecule has 3 aromatic heterocycles. The molecule has 11 nitrogen and oxygen atoms in total. The number of carbonyl (C=O) groups excluding carboxylic acids is 1. The van der Waals surface area contributed by atoms with Crippen LogP contribution in [0.3, 0.4) is 0 Å². The Hall–Kier alpha value is -4.08. The number of anilines is 1. The highest BCUT2D eigenvalue weighted by Crippen LogP contribution is 2.34. The van der Waals surface area contributed by atoms with E-state index in [0.717, 1.165) is 6.07 Å². The van der Waals surface area contributed by atoms with E-state index < -0.39 is 17.9 Å². The summed E-state index contributed by atoms with van der Waals surface area (Å²) in [5.74, 6) is -0.00141. The van der Waals surface area contributed by atoms with E-state index in [1.165, 1.54) is 21.8 Å². The number of urea groups is 1. The van der Waals surface area contributed by atoms with Crippen LogP contribution in [-0.2, 0) is 7.05 Å². The van der Waals surface area contributed by atoms with Crippen molar-refractivity contribution in [3.8, 4) is 23.3 Å². The Morgan fingerprint density at radius 1 is 1.29 bits per heavy atom. The first-order valence-electron chi connectivity index (χ1n) is 9.72. The van der Waals surface area contributed by atoms with E-state index in [9.17, 15) is 14.4 Å². The molecule has 34 heavy (non-hydrogen) atoms. The van der Waals surface area contributed by atoms with Crippen LogP contribution >= 0.6 is 23.2 Å². The van der Waals surface area contributed by atoms with Crippen molar-refractivity contribution in [2.24, 2.45) is 7.05 Å². The molecule has 3 heterocycles. The number of aromatic nitrogens is 7. The summed E-state index contributed by atoms with van der Waals surface area (Å²) < 4.78 is 17.4. The van der Waals surface area contributed by atoms with Crippen LogP contribution in [0.25, 0.3) is 17.2 Å². The summed E-state index contributed by atoms with van der Waals surface area (Å²) >= 11 is 12.4. The monoisotopic (exact) mass is 501 g/mol. The van der Waals surface area contributed by atoms with Gasteiger partial charge in [-0.25, -0.2) is 24.1 Å². The lowest BCUT2D eigenvalue weighted by molar-refractivity contribution is -0.728. The number of hydrogen-bond donors (Lipinski definition) is 3. The zero-order chi connectivity index (χ0) is 24.4. The number of benzene rings is 1. The van der Waals surface area contributed by atoms with E-state index in [1.54, 1.807) is 32.4 Å². The Morgan fingerprint density at radius 2 is 2.03 bits per heavy atom. The fourth-order valence-corrected chi connectivity index (χ4v) is 3.71. The lowest BCUT2D eigenvalue weighted by Crippen LogP contribution is -2.33. The largest absolute Gasteiger partial charge is 0.328 e. The Labute approximate surface area is 202 Å². The van der Waals surface area contributed by atoms with E-state index in [0.29, 0.717) is 11.8 Å². The topological polar surface area (TPSA) is 141 Å². The molecule has 0 unspecified atom stereocenters. The van der Waals surface area contributed by atoms with Crippen LogP contribution < -0.4 is 15.3 Å². The molecule has 0 aliphatic rings. The van der Waals surface area contributed by atoms with Gasteiger partial charge in [-0.1, -0.05) is 23.2 Å². The minimum Gasteiger partial charge on any atom is -0.328 e. The molecule has 0 saturated heterocycles. The van der Waals surface area contributed by atoms with Gasteiger partial charge in [0.05, 0.1) is 16.8 Å². The average Bonchev–Trinajstić information content (AvgIpc) is 3.40. The van der Waals surface area contributed by atoms with Gasteiger partial charge in [0, 0.05) is 18.0 Å². The SMILES string of the molecule is C[C@H](NC(=O)Nc1cc(-c2[nH][n+](C)c(C#N)c2Cl)c(F)cc1Cl)c1ncnn1-c1ncccn1. The van der Waals surface area contributed by atoms with Crippen molar-refractivity contribution in [2.45, 2.75) is 13.0 Å². The minimum atomic E-state index is -0.687. The molecule has 0 aliphatic heterocycles. The molecule has 0 fully saturated rings. The normalized spacial score (nSPS) is 11.6. The molecular weight excluding hydrogens is 486 g/mol. The predicted molar refractivity (Wildman–Crippen MR) is 120 cm³/mol. The van der Waals surface area contributed by atoms with E-state index in [2.05, 4.69) is 35.8 Å². The molecule has 0 radical (unpaired) electrons. The van der Waals surface area contributed by atoms with Gasteiger partial charge in [0.2, 0.25) is 0 Å². The van der Waals surface area contributed by atoms with Crippen LogP contribution in [0.1, 0.15) is 24.5 Å². The summed E-state index contributed by atoms with van der Waals surface area (Å²) in [5, 5.41) is 21.4. The lowest BCUT2D eigenvalue weighted by Gasteiger charge is -2.15. The second-order valence-corrected chi connectivity index (χ2v) is 7.82. The van der Waals surface area contributed by atoms with E-state index in [1.807, 2.05) is 6.07 Å². The molecule has 0 saturated carbocycles. The van der Waals surface area contributed by atoms with Crippen LogP contribution in [0.4, 0.5) is 14.9 Å². The summed E-state index contributed by atoms with van der Waals surface area (Å²) in [4.78, 5) is 25.1. The second kappa shape index (κ2) is 9.42. The quantitative estimate of drug-likeness (QED) is 0.358. The molecule has 1 aromatic carbocycles. The standard InChI is InChI=1S/C20H15Cl2FN10O/c1-10(18-27-9-28-33(18)19-25-4-3-5-26-19)29-20(34)30-14-6-11(13(23)7-12(14)21)17-16(22)15(8-24)32(2)31-17/h3-7,9-10H,1-2H3,(H2,29,30,34)/p+1/t10-/m0/s1. The highest BCUT2D eigenvalue weighted by molar-refractivity contribution is 6.35. The number of hydrogen-bond acceptors (Lipinski definition) is 6. The molecule has 0 bridgehead atoms. The summed E-state index contributed by atoms with van der Waals surface area (Å²) in [7, 11) is 1.56. The number of amides is 2. The molecular formula is C20H16Cl2FN10O+. The first kappa shape index (κ1) is 23.1. The smallest absolute Gasteiger partial charge is 0.327 e. The summed E-state index contributed by atoms with van der Waals surface area (Å²) in [6, 6.07) is 4.74. The van der Waals surface area contributed by atoms with Gasteiger partial charge in [0.15, 0.2) is 24.0 Å². The van der Waals surface area contributed by atoms with Crippen LogP contribution in [0, 0.1) is 17.1 Å². The van der Waals surface area contributed by atoms with E-state index in [-0.39, 0.29) is 32.7 Å². The maximum atomic E-state index is 14.7. The van der Waals surface area contributed by atoms with Crippen molar-refractivity contribution in [1.82, 2.24) is 35.1 Å². The fraction of sp³-hybridized carbons (Fsp3) is 0.150. The number of nitriles is 1. The molecule has 172 valence electrons. The van der Waals surface area contributed by atoms with E-state index >= 15 is 0 Å². The molecule has 4 rings (SSSR count). The zero-order valence-corrected chi connectivity index (χ0v) is 19.2. The Kier molecular flexibility index (Phi) is 6.40. The molecule has 0 aliphatic carbocycles. The van der Waals surface area contributed by atoms with Gasteiger partial charge in [-0.15, -0.1) is 4.68 Å².